The summed E-state index contributed by atoms with van der Waals surface area (Å²) in [6, 6.07) is 9.22. The van der Waals surface area contributed by atoms with Gasteiger partial charge >= 0.3 is 5.97 Å². The van der Waals surface area contributed by atoms with Crippen molar-refractivity contribution in [1.29, 1.82) is 0 Å². The molecular formula is C16H13Cl2FO2. The number of aliphatic carboxylic acids is 1. The average molecular weight is 327 g/mol. The van der Waals surface area contributed by atoms with Gasteiger partial charge in [0.15, 0.2) is 0 Å². The van der Waals surface area contributed by atoms with Gasteiger partial charge in [-0.15, -0.1) is 0 Å². The molecule has 2 nitrogen and oxygen atoms in total. The molecule has 0 aliphatic rings. The summed E-state index contributed by atoms with van der Waals surface area (Å²) in [6.45, 7) is 3.06. The Kier molecular flexibility index (Phi) is 4.26. The van der Waals surface area contributed by atoms with E-state index in [1.54, 1.807) is 30.3 Å². The van der Waals surface area contributed by atoms with Crippen molar-refractivity contribution in [2.24, 2.45) is 0 Å². The lowest BCUT2D eigenvalue weighted by Gasteiger charge is -2.20. The molecule has 0 aliphatic heterocycles. The average Bonchev–Trinajstić information content (AvgIpc) is 2.41. The standard InChI is InChI=1S/C16H13Cl2FO2/c1-16(2,15(20)21)10-4-5-11(14(19)8-10)9-3-6-12(17)13(18)7-9/h3-8H,1-2H3,(H,20,21). The number of carboxylic acids is 1. The first-order valence-electron chi connectivity index (χ1n) is 6.22. The quantitative estimate of drug-likeness (QED) is 0.845. The maximum Gasteiger partial charge on any atom is 0.313 e. The highest BCUT2D eigenvalue weighted by atomic mass is 35.5. The lowest BCUT2D eigenvalue weighted by molar-refractivity contribution is -0.142. The monoisotopic (exact) mass is 326 g/mol. The van der Waals surface area contributed by atoms with Crippen molar-refractivity contribution in [2.75, 3.05) is 0 Å². The Hall–Kier alpha value is -1.58. The van der Waals surface area contributed by atoms with E-state index >= 15 is 0 Å². The fourth-order valence-electron chi connectivity index (χ4n) is 1.93. The maximum absolute atomic E-state index is 14.3. The smallest absolute Gasteiger partial charge is 0.313 e. The summed E-state index contributed by atoms with van der Waals surface area (Å²) in [4.78, 5) is 11.2. The molecule has 0 spiro atoms. The zero-order chi connectivity index (χ0) is 15.8. The summed E-state index contributed by atoms with van der Waals surface area (Å²) in [5.41, 5.74) is 0.174. The second-order valence-electron chi connectivity index (χ2n) is 5.25. The molecule has 0 aromatic heterocycles. The Morgan fingerprint density at radius 2 is 1.76 bits per heavy atom. The van der Waals surface area contributed by atoms with Crippen LogP contribution in [0.3, 0.4) is 0 Å². The molecule has 21 heavy (non-hydrogen) atoms. The van der Waals surface area contributed by atoms with Crippen LogP contribution in [-0.4, -0.2) is 11.1 Å². The first-order chi connectivity index (χ1) is 9.73. The second-order valence-corrected chi connectivity index (χ2v) is 6.07. The molecule has 0 saturated heterocycles. The van der Waals surface area contributed by atoms with Crippen LogP contribution in [0.5, 0.6) is 0 Å². The molecular weight excluding hydrogens is 314 g/mol. The highest BCUT2D eigenvalue weighted by molar-refractivity contribution is 6.42. The normalized spacial score (nSPS) is 11.5. The summed E-state index contributed by atoms with van der Waals surface area (Å²) in [7, 11) is 0. The molecule has 0 fully saturated rings. The van der Waals surface area contributed by atoms with Crippen molar-refractivity contribution in [1.82, 2.24) is 0 Å². The lowest BCUT2D eigenvalue weighted by atomic mass is 9.84. The molecule has 0 atom stereocenters. The fraction of sp³-hybridized carbons (Fsp3) is 0.188. The van der Waals surface area contributed by atoms with Crippen molar-refractivity contribution in [2.45, 2.75) is 19.3 Å². The summed E-state index contributed by atoms with van der Waals surface area (Å²) in [5.74, 6) is -1.51. The Balaban J connectivity index is 2.49. The number of benzene rings is 2. The van der Waals surface area contributed by atoms with Crippen LogP contribution in [0.4, 0.5) is 4.39 Å². The van der Waals surface area contributed by atoms with Crippen LogP contribution >= 0.6 is 23.2 Å². The molecule has 0 saturated carbocycles. The van der Waals surface area contributed by atoms with E-state index in [0.717, 1.165) is 0 Å². The van der Waals surface area contributed by atoms with E-state index in [-0.39, 0.29) is 0 Å². The number of rotatable bonds is 3. The molecule has 2 aromatic carbocycles. The third-order valence-corrected chi connectivity index (χ3v) is 4.20. The summed E-state index contributed by atoms with van der Waals surface area (Å²) >= 11 is 11.8. The van der Waals surface area contributed by atoms with Crippen LogP contribution in [-0.2, 0) is 10.2 Å². The Labute approximate surface area is 132 Å². The van der Waals surface area contributed by atoms with Crippen molar-refractivity contribution in [3.05, 3.63) is 57.8 Å². The lowest BCUT2D eigenvalue weighted by Crippen LogP contribution is -2.28. The second kappa shape index (κ2) is 5.66. The van der Waals surface area contributed by atoms with Gasteiger partial charge in [0.05, 0.1) is 15.5 Å². The largest absolute Gasteiger partial charge is 0.481 e. The van der Waals surface area contributed by atoms with E-state index in [9.17, 15) is 14.3 Å². The minimum absolute atomic E-state index is 0.337. The molecule has 0 heterocycles. The molecule has 2 rings (SSSR count). The van der Waals surface area contributed by atoms with Crippen LogP contribution in [0.2, 0.25) is 10.0 Å². The summed E-state index contributed by atoms with van der Waals surface area (Å²) in [6.07, 6.45) is 0. The van der Waals surface area contributed by atoms with E-state index in [0.29, 0.717) is 26.7 Å². The van der Waals surface area contributed by atoms with Gasteiger partial charge in [-0.3, -0.25) is 4.79 Å². The molecule has 0 aliphatic carbocycles. The van der Waals surface area contributed by atoms with Crippen LogP contribution in [0, 0.1) is 5.82 Å². The van der Waals surface area contributed by atoms with Gasteiger partial charge in [0.2, 0.25) is 0 Å². The van der Waals surface area contributed by atoms with Crippen molar-refractivity contribution in [3.8, 4) is 11.1 Å². The predicted molar refractivity (Wildman–Crippen MR) is 82.5 cm³/mol. The maximum atomic E-state index is 14.3. The third kappa shape index (κ3) is 3.04. The van der Waals surface area contributed by atoms with Crippen LogP contribution in [0.15, 0.2) is 36.4 Å². The molecule has 0 unspecified atom stereocenters. The van der Waals surface area contributed by atoms with Gasteiger partial charge < -0.3 is 5.11 Å². The number of carbonyl (C=O) groups is 1. The first kappa shape index (κ1) is 15.8. The SMILES string of the molecule is CC(C)(C(=O)O)c1ccc(-c2ccc(Cl)c(Cl)c2)c(F)c1. The first-order valence-corrected chi connectivity index (χ1v) is 6.98. The minimum atomic E-state index is -1.16. The minimum Gasteiger partial charge on any atom is -0.481 e. The number of halogens is 3. The summed E-state index contributed by atoms with van der Waals surface area (Å²) < 4.78 is 14.3. The van der Waals surface area contributed by atoms with Gasteiger partial charge in [0.25, 0.3) is 0 Å². The van der Waals surface area contributed by atoms with E-state index in [2.05, 4.69) is 0 Å². The molecule has 110 valence electrons. The Morgan fingerprint density at radius 3 is 2.29 bits per heavy atom. The Morgan fingerprint density at radius 1 is 1.10 bits per heavy atom. The van der Waals surface area contributed by atoms with Crippen LogP contribution in [0.25, 0.3) is 11.1 Å². The zero-order valence-electron chi connectivity index (χ0n) is 11.5. The predicted octanol–water partition coefficient (Wildman–Crippen LogP) is 5.16. The molecule has 5 heteroatoms. The highest BCUT2D eigenvalue weighted by Gasteiger charge is 2.30. The van der Waals surface area contributed by atoms with Gasteiger partial charge in [-0.05, 0) is 43.2 Å². The van der Waals surface area contributed by atoms with Gasteiger partial charge in [-0.25, -0.2) is 4.39 Å². The molecule has 0 amide bonds. The van der Waals surface area contributed by atoms with E-state index in [1.165, 1.54) is 19.9 Å². The van der Waals surface area contributed by atoms with Gasteiger partial charge in [0.1, 0.15) is 5.82 Å². The molecule has 2 aromatic rings. The number of hydrogen-bond donors (Lipinski definition) is 1. The van der Waals surface area contributed by atoms with Gasteiger partial charge in [0, 0.05) is 5.56 Å². The molecule has 1 N–H and O–H groups in total. The van der Waals surface area contributed by atoms with E-state index in [1.807, 2.05) is 0 Å². The zero-order valence-corrected chi connectivity index (χ0v) is 13.0. The van der Waals surface area contributed by atoms with Gasteiger partial charge in [-0.1, -0.05) is 41.4 Å². The van der Waals surface area contributed by atoms with Crippen molar-refractivity contribution < 1.29 is 14.3 Å². The Bertz CT molecular complexity index is 711. The number of carboxylic acid groups (broad SMARTS) is 1. The van der Waals surface area contributed by atoms with Crippen LogP contribution in [0.1, 0.15) is 19.4 Å². The van der Waals surface area contributed by atoms with Crippen molar-refractivity contribution >= 4 is 29.2 Å². The topological polar surface area (TPSA) is 37.3 Å². The van der Waals surface area contributed by atoms with E-state index < -0.39 is 17.2 Å². The fourth-order valence-corrected chi connectivity index (χ4v) is 2.22. The molecule has 0 bridgehead atoms. The highest BCUT2D eigenvalue weighted by Crippen LogP contribution is 2.32. The van der Waals surface area contributed by atoms with Crippen molar-refractivity contribution in [3.63, 3.8) is 0 Å². The van der Waals surface area contributed by atoms with E-state index in [4.69, 9.17) is 23.2 Å². The summed E-state index contributed by atoms with van der Waals surface area (Å²) in [5, 5.41) is 9.91. The van der Waals surface area contributed by atoms with Gasteiger partial charge in [-0.2, -0.15) is 0 Å². The number of hydrogen-bond acceptors (Lipinski definition) is 1. The van der Waals surface area contributed by atoms with Crippen LogP contribution < -0.4 is 0 Å². The third-order valence-electron chi connectivity index (χ3n) is 3.46. The molecule has 0 radical (unpaired) electrons.